The predicted octanol–water partition coefficient (Wildman–Crippen LogP) is 3.66. The summed E-state index contributed by atoms with van der Waals surface area (Å²) < 4.78 is 0. The molecule has 2 heteroatoms. The van der Waals surface area contributed by atoms with Gasteiger partial charge in [0.15, 0.2) is 0 Å². The van der Waals surface area contributed by atoms with Crippen molar-refractivity contribution in [3.8, 4) is 0 Å². The van der Waals surface area contributed by atoms with Crippen molar-refractivity contribution < 1.29 is 0 Å². The van der Waals surface area contributed by atoms with Crippen LogP contribution in [-0.2, 0) is 0 Å². The lowest BCUT2D eigenvalue weighted by molar-refractivity contribution is 0.121. The molecule has 0 aromatic carbocycles. The Morgan fingerprint density at radius 1 is 1.06 bits per heavy atom. The molecule has 0 rings (SSSR count). The van der Waals surface area contributed by atoms with Crippen molar-refractivity contribution in [2.24, 2.45) is 0 Å². The highest BCUT2D eigenvalue weighted by Crippen LogP contribution is 2.21. The van der Waals surface area contributed by atoms with Crippen LogP contribution in [0.5, 0.6) is 0 Å². The van der Waals surface area contributed by atoms with E-state index in [-0.39, 0.29) is 0 Å². The second-order valence-electron chi connectivity index (χ2n) is 6.10. The van der Waals surface area contributed by atoms with Gasteiger partial charge in [0.2, 0.25) is 0 Å². The zero-order valence-electron chi connectivity index (χ0n) is 13.1. The van der Waals surface area contributed by atoms with Crippen molar-refractivity contribution in [1.82, 2.24) is 10.2 Å². The second-order valence-corrected chi connectivity index (χ2v) is 6.10. The molecule has 0 spiro atoms. The Morgan fingerprint density at radius 3 is 2.00 bits per heavy atom. The molecule has 1 N–H and O–H groups in total. The van der Waals surface area contributed by atoms with Crippen molar-refractivity contribution in [2.75, 3.05) is 13.1 Å². The smallest absolute Gasteiger partial charge is 0.0153 e. The lowest BCUT2D eigenvalue weighted by Crippen LogP contribution is -2.43. The molecule has 17 heavy (non-hydrogen) atoms. The van der Waals surface area contributed by atoms with Crippen LogP contribution < -0.4 is 5.32 Å². The van der Waals surface area contributed by atoms with Crippen molar-refractivity contribution in [1.29, 1.82) is 0 Å². The molecule has 0 aliphatic heterocycles. The third kappa shape index (κ3) is 7.05. The van der Waals surface area contributed by atoms with Gasteiger partial charge in [0.05, 0.1) is 0 Å². The first-order chi connectivity index (χ1) is 7.83. The van der Waals surface area contributed by atoms with E-state index in [1.807, 2.05) is 0 Å². The van der Waals surface area contributed by atoms with Crippen LogP contribution in [0, 0.1) is 0 Å². The van der Waals surface area contributed by atoms with Gasteiger partial charge in [-0.25, -0.2) is 0 Å². The zero-order chi connectivity index (χ0) is 13.5. The maximum Gasteiger partial charge on any atom is 0.0153 e. The first-order valence-electron chi connectivity index (χ1n) is 7.34. The van der Waals surface area contributed by atoms with Crippen LogP contribution in [0.1, 0.15) is 67.7 Å². The number of hydrogen-bond donors (Lipinski definition) is 1. The summed E-state index contributed by atoms with van der Waals surface area (Å²) in [4.78, 5) is 2.56. The molecular formula is C15H34N2. The molecule has 2 nitrogen and oxygen atoms in total. The van der Waals surface area contributed by atoms with Gasteiger partial charge in [-0.05, 0) is 46.7 Å². The van der Waals surface area contributed by atoms with Gasteiger partial charge >= 0.3 is 0 Å². The van der Waals surface area contributed by atoms with Gasteiger partial charge in [0.25, 0.3) is 0 Å². The van der Waals surface area contributed by atoms with Crippen molar-refractivity contribution in [3.05, 3.63) is 0 Å². The highest BCUT2D eigenvalue weighted by Gasteiger charge is 2.23. The van der Waals surface area contributed by atoms with Crippen LogP contribution in [0.4, 0.5) is 0 Å². The van der Waals surface area contributed by atoms with E-state index in [0.717, 1.165) is 13.1 Å². The minimum absolute atomic E-state index is 0.348. The summed E-state index contributed by atoms with van der Waals surface area (Å²) in [5, 5.41) is 3.57. The zero-order valence-corrected chi connectivity index (χ0v) is 13.1. The normalized spacial score (nSPS) is 14.6. The van der Waals surface area contributed by atoms with Crippen molar-refractivity contribution in [2.45, 2.75) is 85.4 Å². The second kappa shape index (κ2) is 8.10. The Bertz CT molecular complexity index is 183. The summed E-state index contributed by atoms with van der Waals surface area (Å²) in [5.74, 6) is 0. The molecule has 0 fully saturated rings. The molecule has 0 amide bonds. The van der Waals surface area contributed by atoms with E-state index < -0.39 is 0 Å². The molecule has 0 saturated carbocycles. The van der Waals surface area contributed by atoms with Gasteiger partial charge in [-0.2, -0.15) is 0 Å². The number of hydrogen-bond acceptors (Lipinski definition) is 2. The average Bonchev–Trinajstić information content (AvgIpc) is 2.17. The van der Waals surface area contributed by atoms with Gasteiger partial charge < -0.3 is 5.32 Å². The Labute approximate surface area is 109 Å². The molecule has 1 atom stereocenters. The largest absolute Gasteiger partial charge is 0.312 e. The van der Waals surface area contributed by atoms with Gasteiger partial charge in [-0.15, -0.1) is 0 Å². The lowest BCUT2D eigenvalue weighted by atomic mass is 9.93. The predicted molar refractivity (Wildman–Crippen MR) is 78.6 cm³/mol. The van der Waals surface area contributed by atoms with E-state index in [0.29, 0.717) is 17.6 Å². The maximum absolute atomic E-state index is 3.57. The van der Waals surface area contributed by atoms with Gasteiger partial charge in [0, 0.05) is 17.6 Å². The van der Waals surface area contributed by atoms with Crippen LogP contribution in [-0.4, -0.2) is 35.6 Å². The number of nitrogens with one attached hydrogen (secondary N) is 1. The third-order valence-electron chi connectivity index (χ3n) is 3.66. The molecule has 0 saturated heterocycles. The maximum atomic E-state index is 3.57. The monoisotopic (exact) mass is 242 g/mol. The highest BCUT2D eigenvalue weighted by atomic mass is 15.2. The summed E-state index contributed by atoms with van der Waals surface area (Å²) in [6.45, 7) is 18.3. The van der Waals surface area contributed by atoms with E-state index in [1.54, 1.807) is 0 Å². The molecule has 0 bridgehead atoms. The van der Waals surface area contributed by atoms with Crippen LogP contribution in [0.15, 0.2) is 0 Å². The van der Waals surface area contributed by atoms with Crippen LogP contribution >= 0.6 is 0 Å². The van der Waals surface area contributed by atoms with E-state index in [4.69, 9.17) is 0 Å². The fourth-order valence-electron chi connectivity index (χ4n) is 2.73. The van der Waals surface area contributed by atoms with Crippen LogP contribution in [0.3, 0.4) is 0 Å². The number of nitrogens with zero attached hydrogens (tertiary/aromatic N) is 1. The standard InChI is InChI=1S/C15H34N2/c1-8-17(9-2)15(6,7)12-10-11-14(5)16-13(3)4/h13-14,16H,8-12H2,1-7H3. The minimum atomic E-state index is 0.348. The Balaban J connectivity index is 3.93. The quantitative estimate of drug-likeness (QED) is 0.664. The molecule has 0 radical (unpaired) electrons. The van der Waals surface area contributed by atoms with Gasteiger partial charge in [-0.1, -0.05) is 34.1 Å². The first-order valence-corrected chi connectivity index (χ1v) is 7.34. The molecule has 0 aromatic rings. The minimum Gasteiger partial charge on any atom is -0.312 e. The molecule has 0 aromatic heterocycles. The van der Waals surface area contributed by atoms with Crippen molar-refractivity contribution >= 4 is 0 Å². The highest BCUT2D eigenvalue weighted by molar-refractivity contribution is 4.80. The number of rotatable bonds is 9. The Hall–Kier alpha value is -0.0800. The summed E-state index contributed by atoms with van der Waals surface area (Å²) >= 11 is 0. The molecular weight excluding hydrogens is 208 g/mol. The van der Waals surface area contributed by atoms with Crippen LogP contribution in [0.25, 0.3) is 0 Å². The molecule has 104 valence electrons. The van der Waals surface area contributed by atoms with Crippen LogP contribution in [0.2, 0.25) is 0 Å². The summed E-state index contributed by atoms with van der Waals surface area (Å²) in [6.07, 6.45) is 3.88. The molecule has 0 aliphatic carbocycles. The van der Waals surface area contributed by atoms with Crippen molar-refractivity contribution in [3.63, 3.8) is 0 Å². The summed E-state index contributed by atoms with van der Waals surface area (Å²) in [7, 11) is 0. The molecule has 0 heterocycles. The Morgan fingerprint density at radius 2 is 1.59 bits per heavy atom. The first kappa shape index (κ1) is 16.9. The topological polar surface area (TPSA) is 15.3 Å². The van der Waals surface area contributed by atoms with E-state index in [1.165, 1.54) is 19.3 Å². The molecule has 1 unspecified atom stereocenters. The fraction of sp³-hybridized carbons (Fsp3) is 1.00. The van der Waals surface area contributed by atoms with E-state index in [9.17, 15) is 0 Å². The molecule has 0 aliphatic rings. The fourth-order valence-corrected chi connectivity index (χ4v) is 2.73. The Kier molecular flexibility index (Phi) is 8.06. The summed E-state index contributed by atoms with van der Waals surface area (Å²) in [5.41, 5.74) is 0.348. The lowest BCUT2D eigenvalue weighted by Gasteiger charge is -2.37. The van der Waals surface area contributed by atoms with Gasteiger partial charge in [-0.3, -0.25) is 4.90 Å². The SMILES string of the molecule is CCN(CC)C(C)(C)CCCC(C)NC(C)C. The average molecular weight is 242 g/mol. The van der Waals surface area contributed by atoms with E-state index >= 15 is 0 Å². The van der Waals surface area contributed by atoms with E-state index in [2.05, 4.69) is 58.7 Å². The van der Waals surface area contributed by atoms with Gasteiger partial charge in [0.1, 0.15) is 0 Å². The summed E-state index contributed by atoms with van der Waals surface area (Å²) in [6, 6.07) is 1.24. The third-order valence-corrected chi connectivity index (χ3v) is 3.66.